The van der Waals surface area contributed by atoms with Gasteiger partial charge in [0.25, 0.3) is 0 Å². The Morgan fingerprint density at radius 3 is 2.65 bits per heavy atom. The fourth-order valence-corrected chi connectivity index (χ4v) is 2.78. The van der Waals surface area contributed by atoms with Gasteiger partial charge in [-0.2, -0.15) is 0 Å². The lowest BCUT2D eigenvalue weighted by Gasteiger charge is -2.06. The Balaban J connectivity index is 1.90. The van der Waals surface area contributed by atoms with Crippen LogP contribution in [0.3, 0.4) is 0 Å². The van der Waals surface area contributed by atoms with Gasteiger partial charge in [-0.05, 0) is 46.3 Å². The third-order valence-corrected chi connectivity index (χ3v) is 4.38. The molecule has 2 aromatic rings. The van der Waals surface area contributed by atoms with Gasteiger partial charge in [0.1, 0.15) is 5.82 Å². The minimum atomic E-state index is -0.118. The number of aromatic nitrogens is 1. The zero-order chi connectivity index (χ0) is 14.5. The third-order valence-electron chi connectivity index (χ3n) is 2.33. The molecule has 0 aliphatic carbocycles. The fourth-order valence-electron chi connectivity index (χ4n) is 1.42. The van der Waals surface area contributed by atoms with Gasteiger partial charge >= 0.3 is 0 Å². The number of nitrogen functional groups attached to an aromatic ring is 1. The molecule has 1 heterocycles. The van der Waals surface area contributed by atoms with Crippen LogP contribution in [0.25, 0.3) is 0 Å². The molecule has 0 spiro atoms. The molecule has 0 aliphatic rings. The summed E-state index contributed by atoms with van der Waals surface area (Å²) in [7, 11) is 0. The number of thioether (sulfide) groups is 1. The summed E-state index contributed by atoms with van der Waals surface area (Å²) in [5, 5.41) is 2.73. The molecule has 0 atom stereocenters. The molecule has 3 N–H and O–H groups in total. The first-order valence-corrected chi connectivity index (χ1v) is 8.21. The molecule has 0 fully saturated rings. The number of nitrogens with one attached hydrogen (secondary N) is 1. The second kappa shape index (κ2) is 7.10. The fraction of sp³-hybridized carbons (Fsp3) is 0.0769. The number of rotatable bonds is 4. The molecule has 1 amide bonds. The summed E-state index contributed by atoms with van der Waals surface area (Å²) >= 11 is 8.03. The van der Waals surface area contributed by atoms with E-state index in [2.05, 4.69) is 42.2 Å². The second-order valence-corrected chi connectivity index (χ2v) is 6.73. The summed E-state index contributed by atoms with van der Waals surface area (Å²) in [6.07, 6.45) is 1.63. The molecule has 1 aromatic carbocycles. The highest BCUT2D eigenvalue weighted by atomic mass is 79.9. The van der Waals surface area contributed by atoms with Crippen LogP contribution in [0, 0.1) is 0 Å². The molecule has 0 aliphatic heterocycles. The Labute approximate surface area is 137 Å². The minimum Gasteiger partial charge on any atom is -0.398 e. The zero-order valence-corrected chi connectivity index (χ0v) is 14.3. The lowest BCUT2D eigenvalue weighted by molar-refractivity contribution is -0.113. The van der Waals surface area contributed by atoms with Crippen molar-refractivity contribution in [2.45, 2.75) is 4.90 Å². The lowest BCUT2D eigenvalue weighted by Crippen LogP contribution is -2.14. The van der Waals surface area contributed by atoms with Crippen LogP contribution in [0.15, 0.2) is 50.4 Å². The summed E-state index contributed by atoms with van der Waals surface area (Å²) in [6, 6.07) is 9.15. The maximum Gasteiger partial charge on any atom is 0.235 e. The second-order valence-electron chi connectivity index (χ2n) is 3.88. The smallest absolute Gasteiger partial charge is 0.235 e. The number of hydrogen-bond donors (Lipinski definition) is 2. The number of halogens is 2. The van der Waals surface area contributed by atoms with Gasteiger partial charge in [0.05, 0.1) is 5.75 Å². The number of nitrogens with zero attached hydrogens (tertiary/aromatic N) is 1. The van der Waals surface area contributed by atoms with Crippen LogP contribution in [0.1, 0.15) is 0 Å². The van der Waals surface area contributed by atoms with E-state index in [0.717, 1.165) is 13.8 Å². The predicted octanol–water partition coefficient (Wildman–Crippen LogP) is 3.92. The molecule has 7 heteroatoms. The Bertz CT molecular complexity index is 620. The van der Waals surface area contributed by atoms with E-state index < -0.39 is 0 Å². The number of hydrogen-bond acceptors (Lipinski definition) is 4. The molecule has 104 valence electrons. The molecule has 0 radical (unpaired) electrons. The number of anilines is 2. The number of nitrogens with two attached hydrogens (primary N) is 1. The largest absolute Gasteiger partial charge is 0.398 e. The van der Waals surface area contributed by atoms with Gasteiger partial charge in [0.2, 0.25) is 5.91 Å². The Morgan fingerprint density at radius 2 is 2.00 bits per heavy atom. The highest BCUT2D eigenvalue weighted by Crippen LogP contribution is 2.27. The first kappa shape index (κ1) is 15.3. The van der Waals surface area contributed by atoms with Crippen LogP contribution in [0.2, 0.25) is 0 Å². The molecule has 1 aromatic heterocycles. The topological polar surface area (TPSA) is 68.0 Å². The van der Waals surface area contributed by atoms with Gasteiger partial charge in [0.15, 0.2) is 0 Å². The molecule has 2 rings (SSSR count). The van der Waals surface area contributed by atoms with Crippen molar-refractivity contribution in [2.75, 3.05) is 16.8 Å². The van der Waals surface area contributed by atoms with Crippen molar-refractivity contribution in [2.24, 2.45) is 0 Å². The monoisotopic (exact) mass is 415 g/mol. The normalized spacial score (nSPS) is 10.3. The van der Waals surface area contributed by atoms with Crippen LogP contribution in [0.5, 0.6) is 0 Å². The quantitative estimate of drug-likeness (QED) is 0.585. The zero-order valence-electron chi connectivity index (χ0n) is 10.3. The van der Waals surface area contributed by atoms with Crippen molar-refractivity contribution in [3.8, 4) is 0 Å². The molecule has 0 saturated carbocycles. The van der Waals surface area contributed by atoms with E-state index in [9.17, 15) is 4.79 Å². The molecule has 4 nitrogen and oxygen atoms in total. The Hall–Kier alpha value is -1.05. The lowest BCUT2D eigenvalue weighted by atomic mass is 10.3. The molecular weight excluding hydrogens is 406 g/mol. The van der Waals surface area contributed by atoms with E-state index in [-0.39, 0.29) is 11.7 Å². The Morgan fingerprint density at radius 1 is 1.25 bits per heavy atom. The van der Waals surface area contributed by atoms with Gasteiger partial charge in [0, 0.05) is 25.7 Å². The molecule has 0 bridgehead atoms. The molecule has 0 unspecified atom stereocenters. The summed E-state index contributed by atoms with van der Waals surface area (Å²) in [4.78, 5) is 16.8. The number of pyridine rings is 1. The predicted molar refractivity (Wildman–Crippen MR) is 89.8 cm³/mol. The van der Waals surface area contributed by atoms with Gasteiger partial charge in [-0.1, -0.05) is 15.9 Å². The van der Waals surface area contributed by atoms with E-state index in [0.29, 0.717) is 11.5 Å². The van der Waals surface area contributed by atoms with Crippen molar-refractivity contribution >= 4 is 61.0 Å². The summed E-state index contributed by atoms with van der Waals surface area (Å²) in [6.45, 7) is 0. The third kappa shape index (κ3) is 4.50. The molecule has 0 saturated heterocycles. The van der Waals surface area contributed by atoms with Gasteiger partial charge in [-0.15, -0.1) is 11.8 Å². The maximum atomic E-state index is 11.8. The first-order valence-electron chi connectivity index (χ1n) is 5.64. The highest BCUT2D eigenvalue weighted by molar-refractivity contribution is 9.10. The van der Waals surface area contributed by atoms with Crippen LogP contribution in [-0.2, 0) is 4.79 Å². The number of amides is 1. The minimum absolute atomic E-state index is 0.118. The summed E-state index contributed by atoms with van der Waals surface area (Å²) in [5.74, 6) is 0.693. The van der Waals surface area contributed by atoms with Crippen LogP contribution >= 0.6 is 43.6 Å². The van der Waals surface area contributed by atoms with Gasteiger partial charge in [-0.25, -0.2) is 4.98 Å². The van der Waals surface area contributed by atoms with E-state index in [1.54, 1.807) is 12.3 Å². The Kier molecular flexibility index (Phi) is 5.45. The number of carbonyl (C=O) groups is 1. The average Bonchev–Trinajstić information content (AvgIpc) is 2.40. The molecular formula is C13H11Br2N3OS. The van der Waals surface area contributed by atoms with Crippen molar-refractivity contribution in [3.63, 3.8) is 0 Å². The van der Waals surface area contributed by atoms with Gasteiger partial charge in [-0.3, -0.25) is 4.79 Å². The van der Waals surface area contributed by atoms with E-state index in [1.807, 2.05) is 24.3 Å². The summed E-state index contributed by atoms with van der Waals surface area (Å²) < 4.78 is 1.79. The van der Waals surface area contributed by atoms with Crippen LogP contribution in [-0.4, -0.2) is 16.6 Å². The SMILES string of the molecule is Nc1cc(Br)ccc1SCC(=O)Nc1ccc(Br)cn1. The van der Waals surface area contributed by atoms with E-state index in [1.165, 1.54) is 11.8 Å². The summed E-state index contributed by atoms with van der Waals surface area (Å²) in [5.41, 5.74) is 6.53. The van der Waals surface area contributed by atoms with Gasteiger partial charge < -0.3 is 11.1 Å². The molecule has 20 heavy (non-hydrogen) atoms. The standard InChI is InChI=1S/C13H11Br2N3OS/c14-8-1-3-11(10(16)5-8)20-7-13(19)18-12-4-2-9(15)6-17-12/h1-6H,7,16H2,(H,17,18,19). The van der Waals surface area contributed by atoms with Crippen molar-refractivity contribution < 1.29 is 4.79 Å². The van der Waals surface area contributed by atoms with E-state index in [4.69, 9.17) is 5.73 Å². The van der Waals surface area contributed by atoms with E-state index >= 15 is 0 Å². The first-order chi connectivity index (χ1) is 9.54. The van der Waals surface area contributed by atoms with Crippen molar-refractivity contribution in [1.82, 2.24) is 4.98 Å². The van der Waals surface area contributed by atoms with Crippen molar-refractivity contribution in [1.29, 1.82) is 0 Å². The number of benzene rings is 1. The number of carbonyl (C=O) groups excluding carboxylic acids is 1. The van der Waals surface area contributed by atoms with Crippen LogP contribution in [0.4, 0.5) is 11.5 Å². The highest BCUT2D eigenvalue weighted by Gasteiger charge is 2.07. The van der Waals surface area contributed by atoms with Crippen molar-refractivity contribution in [3.05, 3.63) is 45.5 Å². The average molecular weight is 417 g/mol. The van der Waals surface area contributed by atoms with Crippen LogP contribution < -0.4 is 11.1 Å². The maximum absolute atomic E-state index is 11.8.